The van der Waals surface area contributed by atoms with Crippen LogP contribution in [-0.2, 0) is 4.79 Å². The Morgan fingerprint density at radius 3 is 2.79 bits per heavy atom. The second-order valence-electron chi connectivity index (χ2n) is 5.98. The largest absolute Gasteiger partial charge is 0.483 e. The van der Waals surface area contributed by atoms with Crippen molar-refractivity contribution >= 4 is 17.5 Å². The minimum Gasteiger partial charge on any atom is -0.483 e. The second-order valence-corrected chi connectivity index (χ2v) is 6.39. The number of rotatable bonds is 4. The number of amides is 1. The van der Waals surface area contributed by atoms with Crippen molar-refractivity contribution in [1.29, 1.82) is 0 Å². The molecule has 0 atom stereocenters. The number of benzene rings is 1. The Hall–Kier alpha value is -2.08. The van der Waals surface area contributed by atoms with E-state index in [4.69, 9.17) is 20.9 Å². The molecular formula is C17H20ClN3O3. The first kappa shape index (κ1) is 16.8. The van der Waals surface area contributed by atoms with Crippen LogP contribution in [0.1, 0.15) is 36.0 Å². The van der Waals surface area contributed by atoms with Gasteiger partial charge in [0.1, 0.15) is 5.75 Å². The third kappa shape index (κ3) is 3.70. The van der Waals surface area contributed by atoms with E-state index in [1.807, 2.05) is 24.0 Å². The van der Waals surface area contributed by atoms with E-state index in [9.17, 15) is 4.79 Å². The molecule has 24 heavy (non-hydrogen) atoms. The molecule has 1 aliphatic rings. The maximum Gasteiger partial charge on any atom is 0.260 e. The Labute approximate surface area is 145 Å². The number of halogens is 1. The van der Waals surface area contributed by atoms with Gasteiger partial charge in [0.25, 0.3) is 5.91 Å². The Morgan fingerprint density at radius 1 is 1.38 bits per heavy atom. The molecule has 1 aromatic heterocycles. The maximum atomic E-state index is 12.3. The number of ether oxygens (including phenoxy) is 1. The van der Waals surface area contributed by atoms with Gasteiger partial charge in [-0.3, -0.25) is 4.79 Å². The molecule has 0 radical (unpaired) electrons. The van der Waals surface area contributed by atoms with E-state index >= 15 is 0 Å². The molecule has 1 aromatic carbocycles. The molecule has 0 unspecified atom stereocenters. The standard InChI is InChI=1S/C17H20ClN3O3/c1-11-14(18)4-3-5-15(11)23-10-16(22)21-8-6-13(7-9-21)17-19-12(2)24-20-17/h3-5,13H,6-10H2,1-2H3. The maximum absolute atomic E-state index is 12.3. The average molecular weight is 350 g/mol. The quantitative estimate of drug-likeness (QED) is 0.848. The molecule has 2 aromatic rings. The molecule has 1 fully saturated rings. The summed E-state index contributed by atoms with van der Waals surface area (Å²) < 4.78 is 10.7. The van der Waals surface area contributed by atoms with Crippen molar-refractivity contribution in [3.05, 3.63) is 40.5 Å². The van der Waals surface area contributed by atoms with Gasteiger partial charge in [-0.2, -0.15) is 4.98 Å². The fraction of sp³-hybridized carbons (Fsp3) is 0.471. The van der Waals surface area contributed by atoms with E-state index < -0.39 is 0 Å². The first-order valence-electron chi connectivity index (χ1n) is 8.00. The Morgan fingerprint density at radius 2 is 2.12 bits per heavy atom. The topological polar surface area (TPSA) is 68.5 Å². The van der Waals surface area contributed by atoms with Gasteiger partial charge in [0.2, 0.25) is 5.89 Å². The van der Waals surface area contributed by atoms with E-state index in [0.29, 0.717) is 29.8 Å². The second kappa shape index (κ2) is 7.21. The molecule has 3 rings (SSSR count). The summed E-state index contributed by atoms with van der Waals surface area (Å²) in [5.41, 5.74) is 0.846. The van der Waals surface area contributed by atoms with Gasteiger partial charge in [-0.1, -0.05) is 22.8 Å². The lowest BCUT2D eigenvalue weighted by Crippen LogP contribution is -2.40. The van der Waals surface area contributed by atoms with Crippen molar-refractivity contribution < 1.29 is 14.1 Å². The van der Waals surface area contributed by atoms with E-state index in [0.717, 1.165) is 24.2 Å². The summed E-state index contributed by atoms with van der Waals surface area (Å²) in [7, 11) is 0. The lowest BCUT2D eigenvalue weighted by atomic mass is 9.96. The van der Waals surface area contributed by atoms with Gasteiger partial charge in [-0.05, 0) is 31.9 Å². The van der Waals surface area contributed by atoms with Crippen LogP contribution in [-0.4, -0.2) is 40.6 Å². The minimum absolute atomic E-state index is 0.0166. The number of carbonyl (C=O) groups is 1. The highest BCUT2D eigenvalue weighted by Gasteiger charge is 2.26. The van der Waals surface area contributed by atoms with E-state index in [-0.39, 0.29) is 18.4 Å². The highest BCUT2D eigenvalue weighted by atomic mass is 35.5. The normalized spacial score (nSPS) is 15.5. The van der Waals surface area contributed by atoms with Gasteiger partial charge >= 0.3 is 0 Å². The molecule has 7 heteroatoms. The van der Waals surface area contributed by atoms with E-state index in [2.05, 4.69) is 10.1 Å². The SMILES string of the molecule is Cc1nc(C2CCN(C(=O)COc3cccc(Cl)c3C)CC2)no1. The Kier molecular flexibility index (Phi) is 5.04. The summed E-state index contributed by atoms with van der Waals surface area (Å²) in [6.45, 7) is 5.03. The van der Waals surface area contributed by atoms with Gasteiger partial charge in [0.05, 0.1) is 0 Å². The zero-order chi connectivity index (χ0) is 17.1. The molecule has 0 N–H and O–H groups in total. The molecule has 0 bridgehead atoms. The van der Waals surface area contributed by atoms with Crippen molar-refractivity contribution in [2.24, 2.45) is 0 Å². The first-order valence-corrected chi connectivity index (χ1v) is 8.38. The molecule has 2 heterocycles. The van der Waals surface area contributed by atoms with Crippen molar-refractivity contribution in [2.45, 2.75) is 32.6 Å². The lowest BCUT2D eigenvalue weighted by molar-refractivity contribution is -0.134. The predicted octanol–water partition coefficient (Wildman–Crippen LogP) is 3.12. The van der Waals surface area contributed by atoms with Gasteiger partial charge in [-0.25, -0.2) is 0 Å². The van der Waals surface area contributed by atoms with Crippen LogP contribution in [0, 0.1) is 13.8 Å². The molecular weight excluding hydrogens is 330 g/mol. The van der Waals surface area contributed by atoms with Crippen LogP contribution in [0.25, 0.3) is 0 Å². The number of hydrogen-bond acceptors (Lipinski definition) is 5. The van der Waals surface area contributed by atoms with E-state index in [1.165, 1.54) is 0 Å². The highest BCUT2D eigenvalue weighted by Crippen LogP contribution is 2.27. The van der Waals surface area contributed by atoms with Crippen LogP contribution in [0.3, 0.4) is 0 Å². The molecule has 6 nitrogen and oxygen atoms in total. The summed E-state index contributed by atoms with van der Waals surface area (Å²) in [4.78, 5) is 18.4. The molecule has 0 spiro atoms. The van der Waals surface area contributed by atoms with Crippen LogP contribution in [0.15, 0.2) is 22.7 Å². The number of hydrogen-bond donors (Lipinski definition) is 0. The minimum atomic E-state index is -0.0166. The van der Waals surface area contributed by atoms with Crippen LogP contribution in [0.2, 0.25) is 5.02 Å². The summed E-state index contributed by atoms with van der Waals surface area (Å²) >= 11 is 6.06. The first-order chi connectivity index (χ1) is 11.5. The molecule has 0 saturated carbocycles. The molecule has 1 saturated heterocycles. The fourth-order valence-electron chi connectivity index (χ4n) is 2.84. The van der Waals surface area contributed by atoms with Crippen molar-refractivity contribution in [3.63, 3.8) is 0 Å². The van der Waals surface area contributed by atoms with Crippen LogP contribution in [0.4, 0.5) is 0 Å². The van der Waals surface area contributed by atoms with Crippen molar-refractivity contribution in [2.75, 3.05) is 19.7 Å². The fourth-order valence-corrected chi connectivity index (χ4v) is 3.01. The predicted molar refractivity (Wildman–Crippen MR) is 89.3 cm³/mol. The number of likely N-dealkylation sites (tertiary alicyclic amines) is 1. The zero-order valence-electron chi connectivity index (χ0n) is 13.8. The summed E-state index contributed by atoms with van der Waals surface area (Å²) in [5.74, 6) is 2.20. The smallest absolute Gasteiger partial charge is 0.260 e. The highest BCUT2D eigenvalue weighted by molar-refractivity contribution is 6.31. The van der Waals surface area contributed by atoms with Gasteiger partial charge in [0.15, 0.2) is 12.4 Å². The van der Waals surface area contributed by atoms with Crippen molar-refractivity contribution in [1.82, 2.24) is 15.0 Å². The monoisotopic (exact) mass is 349 g/mol. The van der Waals surface area contributed by atoms with Crippen molar-refractivity contribution in [3.8, 4) is 5.75 Å². The lowest BCUT2D eigenvalue weighted by Gasteiger charge is -2.30. The summed E-state index contributed by atoms with van der Waals surface area (Å²) in [6, 6.07) is 5.43. The molecule has 0 aliphatic carbocycles. The Balaban J connectivity index is 1.51. The van der Waals surface area contributed by atoms with Crippen LogP contribution >= 0.6 is 11.6 Å². The van der Waals surface area contributed by atoms with E-state index in [1.54, 1.807) is 13.0 Å². The number of aromatic nitrogens is 2. The number of piperidine rings is 1. The van der Waals surface area contributed by atoms with Crippen LogP contribution < -0.4 is 4.74 Å². The number of nitrogens with zero attached hydrogens (tertiary/aromatic N) is 3. The average Bonchev–Trinajstić information content (AvgIpc) is 3.02. The third-order valence-electron chi connectivity index (χ3n) is 4.33. The summed E-state index contributed by atoms with van der Waals surface area (Å²) in [6.07, 6.45) is 1.67. The third-order valence-corrected chi connectivity index (χ3v) is 4.73. The van der Waals surface area contributed by atoms with Gasteiger partial charge < -0.3 is 14.2 Å². The zero-order valence-corrected chi connectivity index (χ0v) is 14.5. The Bertz CT molecular complexity index is 724. The number of carbonyl (C=O) groups excluding carboxylic acids is 1. The van der Waals surface area contributed by atoms with Crippen LogP contribution in [0.5, 0.6) is 5.75 Å². The van der Waals surface area contributed by atoms with Gasteiger partial charge in [0, 0.05) is 36.5 Å². The molecule has 128 valence electrons. The molecule has 1 amide bonds. The van der Waals surface area contributed by atoms with Gasteiger partial charge in [-0.15, -0.1) is 0 Å². The number of aryl methyl sites for hydroxylation is 1. The molecule has 1 aliphatic heterocycles. The summed E-state index contributed by atoms with van der Waals surface area (Å²) in [5, 5.41) is 4.61.